The Labute approximate surface area is 123 Å². The van der Waals surface area contributed by atoms with E-state index in [0.717, 1.165) is 31.0 Å². The second-order valence-corrected chi connectivity index (χ2v) is 6.14. The molecule has 3 aliphatic rings. The summed E-state index contributed by atoms with van der Waals surface area (Å²) in [7, 11) is 0. The summed E-state index contributed by atoms with van der Waals surface area (Å²) in [5.74, 6) is 2.41. The zero-order chi connectivity index (χ0) is 14.2. The zero-order valence-corrected chi connectivity index (χ0v) is 12.0. The van der Waals surface area contributed by atoms with Gasteiger partial charge in [-0.15, -0.1) is 0 Å². The first-order valence-corrected chi connectivity index (χ1v) is 7.79. The van der Waals surface area contributed by atoms with Crippen LogP contribution in [0.4, 0.5) is 5.82 Å². The van der Waals surface area contributed by atoms with Crippen molar-refractivity contribution in [2.45, 2.75) is 43.7 Å². The Morgan fingerprint density at radius 1 is 1.33 bits per heavy atom. The van der Waals surface area contributed by atoms with E-state index in [4.69, 9.17) is 4.74 Å². The molecule has 0 aromatic carbocycles. The molecule has 0 spiro atoms. The molecule has 1 aromatic heterocycles. The van der Waals surface area contributed by atoms with Gasteiger partial charge in [0, 0.05) is 24.7 Å². The maximum absolute atomic E-state index is 12.1. The van der Waals surface area contributed by atoms with Gasteiger partial charge >= 0.3 is 0 Å². The lowest BCUT2D eigenvalue weighted by atomic mass is 10.2. The van der Waals surface area contributed by atoms with Gasteiger partial charge in [0.15, 0.2) is 6.10 Å². The first-order valence-electron chi connectivity index (χ1n) is 7.79. The van der Waals surface area contributed by atoms with Crippen LogP contribution < -0.4 is 10.2 Å². The van der Waals surface area contributed by atoms with Gasteiger partial charge < -0.3 is 15.0 Å². The smallest absolute Gasteiger partial charge is 0.251 e. The summed E-state index contributed by atoms with van der Waals surface area (Å²) in [5.41, 5.74) is 0. The van der Waals surface area contributed by atoms with Crippen LogP contribution in [0.1, 0.15) is 37.4 Å². The molecule has 0 radical (unpaired) electrons. The molecule has 112 valence electrons. The second kappa shape index (κ2) is 5.26. The standard InChI is InChI=1S/C15H20N4O2/c20-15(17-11-3-4-11)12-9-19(7-8-21-12)13-5-6-16-14(18-13)10-1-2-10/h5-6,10-12H,1-4,7-9H2,(H,17,20). The van der Waals surface area contributed by atoms with E-state index >= 15 is 0 Å². The van der Waals surface area contributed by atoms with Gasteiger partial charge in [0.25, 0.3) is 5.91 Å². The normalized spacial score (nSPS) is 25.7. The maximum Gasteiger partial charge on any atom is 0.251 e. The largest absolute Gasteiger partial charge is 0.365 e. The van der Waals surface area contributed by atoms with E-state index in [1.807, 2.05) is 12.3 Å². The molecule has 6 nitrogen and oxygen atoms in total. The molecule has 1 aliphatic heterocycles. The monoisotopic (exact) mass is 288 g/mol. The molecular weight excluding hydrogens is 268 g/mol. The van der Waals surface area contributed by atoms with Crippen LogP contribution in [0, 0.1) is 0 Å². The predicted molar refractivity (Wildman–Crippen MR) is 77.1 cm³/mol. The average molecular weight is 288 g/mol. The molecule has 1 atom stereocenters. The van der Waals surface area contributed by atoms with Crippen molar-refractivity contribution in [2.24, 2.45) is 0 Å². The van der Waals surface area contributed by atoms with Gasteiger partial charge in [-0.3, -0.25) is 4.79 Å². The molecule has 21 heavy (non-hydrogen) atoms. The Bertz CT molecular complexity index is 542. The van der Waals surface area contributed by atoms with Crippen molar-refractivity contribution in [3.8, 4) is 0 Å². The van der Waals surface area contributed by atoms with Crippen molar-refractivity contribution in [3.05, 3.63) is 18.1 Å². The van der Waals surface area contributed by atoms with Crippen LogP contribution in [0.15, 0.2) is 12.3 Å². The van der Waals surface area contributed by atoms with Gasteiger partial charge in [-0.25, -0.2) is 9.97 Å². The summed E-state index contributed by atoms with van der Waals surface area (Å²) < 4.78 is 5.61. The van der Waals surface area contributed by atoms with Crippen LogP contribution in [0.3, 0.4) is 0 Å². The van der Waals surface area contributed by atoms with Crippen LogP contribution >= 0.6 is 0 Å². The Hall–Kier alpha value is -1.69. The van der Waals surface area contributed by atoms with Crippen molar-refractivity contribution >= 4 is 11.7 Å². The minimum absolute atomic E-state index is 0.0127. The lowest BCUT2D eigenvalue weighted by Gasteiger charge is -2.33. The number of ether oxygens (including phenoxy) is 1. The van der Waals surface area contributed by atoms with Crippen molar-refractivity contribution in [1.29, 1.82) is 0 Å². The fraction of sp³-hybridized carbons (Fsp3) is 0.667. The second-order valence-electron chi connectivity index (χ2n) is 6.14. The molecule has 4 rings (SSSR count). The number of carbonyl (C=O) groups excluding carboxylic acids is 1. The summed E-state index contributed by atoms with van der Waals surface area (Å²) >= 11 is 0. The van der Waals surface area contributed by atoms with E-state index in [2.05, 4.69) is 20.2 Å². The van der Waals surface area contributed by atoms with E-state index in [1.54, 1.807) is 0 Å². The fourth-order valence-corrected chi connectivity index (χ4v) is 2.62. The molecule has 1 amide bonds. The van der Waals surface area contributed by atoms with Crippen LogP contribution in [-0.2, 0) is 9.53 Å². The third-order valence-corrected chi connectivity index (χ3v) is 4.21. The molecule has 6 heteroatoms. The van der Waals surface area contributed by atoms with Crippen LogP contribution in [0.5, 0.6) is 0 Å². The minimum atomic E-state index is -0.390. The van der Waals surface area contributed by atoms with E-state index in [1.165, 1.54) is 12.8 Å². The molecular formula is C15H20N4O2. The number of nitrogens with one attached hydrogen (secondary N) is 1. The number of anilines is 1. The number of aromatic nitrogens is 2. The average Bonchev–Trinajstić information content (AvgIpc) is 3.40. The molecule has 3 fully saturated rings. The molecule has 2 saturated carbocycles. The lowest BCUT2D eigenvalue weighted by molar-refractivity contribution is -0.133. The Kier molecular flexibility index (Phi) is 3.25. The fourth-order valence-electron chi connectivity index (χ4n) is 2.62. The highest BCUT2D eigenvalue weighted by Gasteiger charge is 2.32. The quantitative estimate of drug-likeness (QED) is 0.889. The highest BCUT2D eigenvalue weighted by molar-refractivity contribution is 5.82. The van der Waals surface area contributed by atoms with E-state index < -0.39 is 6.10 Å². The van der Waals surface area contributed by atoms with Gasteiger partial charge in [-0.1, -0.05) is 0 Å². The molecule has 1 saturated heterocycles. The number of hydrogen-bond donors (Lipinski definition) is 1. The van der Waals surface area contributed by atoms with Gasteiger partial charge in [0.1, 0.15) is 11.6 Å². The van der Waals surface area contributed by atoms with E-state index in [0.29, 0.717) is 25.1 Å². The van der Waals surface area contributed by atoms with Gasteiger partial charge in [0.05, 0.1) is 13.2 Å². The number of hydrogen-bond acceptors (Lipinski definition) is 5. The Balaban J connectivity index is 1.44. The first-order chi connectivity index (χ1) is 10.3. The van der Waals surface area contributed by atoms with Crippen molar-refractivity contribution in [3.63, 3.8) is 0 Å². The van der Waals surface area contributed by atoms with Crippen LogP contribution in [-0.4, -0.2) is 47.7 Å². The zero-order valence-electron chi connectivity index (χ0n) is 12.0. The summed E-state index contributed by atoms with van der Waals surface area (Å²) in [5, 5.41) is 3.01. The lowest BCUT2D eigenvalue weighted by Crippen LogP contribution is -2.50. The summed E-state index contributed by atoms with van der Waals surface area (Å²) in [6, 6.07) is 2.30. The number of amides is 1. The number of morpholine rings is 1. The topological polar surface area (TPSA) is 67.4 Å². The molecule has 2 aliphatic carbocycles. The van der Waals surface area contributed by atoms with Crippen LogP contribution in [0.2, 0.25) is 0 Å². The van der Waals surface area contributed by atoms with Gasteiger partial charge in [-0.2, -0.15) is 0 Å². The Morgan fingerprint density at radius 2 is 2.19 bits per heavy atom. The summed E-state index contributed by atoms with van der Waals surface area (Å²) in [4.78, 5) is 23.3. The Morgan fingerprint density at radius 3 is 2.95 bits per heavy atom. The van der Waals surface area contributed by atoms with Crippen molar-refractivity contribution in [1.82, 2.24) is 15.3 Å². The highest BCUT2D eigenvalue weighted by Crippen LogP contribution is 2.38. The predicted octanol–water partition coefficient (Wildman–Crippen LogP) is 0.838. The SMILES string of the molecule is O=C(NC1CC1)C1CN(c2ccnc(C3CC3)n2)CCO1. The minimum Gasteiger partial charge on any atom is -0.365 e. The number of rotatable bonds is 4. The molecule has 2 heterocycles. The first kappa shape index (κ1) is 13.0. The summed E-state index contributed by atoms with van der Waals surface area (Å²) in [6.45, 7) is 1.90. The highest BCUT2D eigenvalue weighted by atomic mass is 16.5. The van der Waals surface area contributed by atoms with E-state index in [-0.39, 0.29) is 5.91 Å². The third kappa shape index (κ3) is 3.00. The van der Waals surface area contributed by atoms with Crippen LogP contribution in [0.25, 0.3) is 0 Å². The van der Waals surface area contributed by atoms with Gasteiger partial charge in [0.2, 0.25) is 0 Å². The molecule has 1 unspecified atom stereocenters. The molecule has 1 aromatic rings. The molecule has 0 bridgehead atoms. The van der Waals surface area contributed by atoms with Crippen molar-refractivity contribution in [2.75, 3.05) is 24.6 Å². The molecule has 1 N–H and O–H groups in total. The van der Waals surface area contributed by atoms with Gasteiger partial charge in [-0.05, 0) is 31.7 Å². The van der Waals surface area contributed by atoms with E-state index in [9.17, 15) is 4.79 Å². The van der Waals surface area contributed by atoms with Crippen molar-refractivity contribution < 1.29 is 9.53 Å². The number of carbonyl (C=O) groups is 1. The third-order valence-electron chi connectivity index (χ3n) is 4.21. The number of nitrogens with zero attached hydrogens (tertiary/aromatic N) is 3. The summed E-state index contributed by atoms with van der Waals surface area (Å²) in [6.07, 6.45) is 6.01. The maximum atomic E-state index is 12.1.